The van der Waals surface area contributed by atoms with Gasteiger partial charge in [0.2, 0.25) is 0 Å². The summed E-state index contributed by atoms with van der Waals surface area (Å²) in [7, 11) is 0. The Balaban J connectivity index is 1.52. The van der Waals surface area contributed by atoms with Crippen molar-refractivity contribution in [2.75, 3.05) is 6.54 Å². The van der Waals surface area contributed by atoms with E-state index in [0.717, 1.165) is 18.5 Å². The minimum Gasteiger partial charge on any atom is -0.476 e. The number of fused-ring (bicyclic) bond motifs is 1. The lowest BCUT2D eigenvalue weighted by Crippen LogP contribution is -2.26. The Morgan fingerprint density at radius 3 is 2.78 bits per heavy atom. The van der Waals surface area contributed by atoms with Crippen molar-refractivity contribution in [3.05, 3.63) is 57.4 Å². The molecule has 0 aliphatic heterocycles. The molecule has 0 spiro atoms. The van der Waals surface area contributed by atoms with Crippen LogP contribution in [0.4, 0.5) is 4.39 Å². The monoisotopic (exact) mass is 385 g/mol. The van der Waals surface area contributed by atoms with Gasteiger partial charge in [0.15, 0.2) is 5.69 Å². The first kappa shape index (κ1) is 17.5. The van der Waals surface area contributed by atoms with E-state index in [1.165, 1.54) is 28.8 Å². The van der Waals surface area contributed by atoms with Gasteiger partial charge in [0, 0.05) is 35.3 Å². The lowest BCUT2D eigenvalue weighted by Gasteiger charge is -2.10. The van der Waals surface area contributed by atoms with Crippen LogP contribution in [0.1, 0.15) is 50.3 Å². The molecule has 1 aromatic carbocycles. The van der Waals surface area contributed by atoms with Crippen molar-refractivity contribution in [1.82, 2.24) is 15.3 Å². The van der Waals surface area contributed by atoms with Gasteiger partial charge in [-0.15, -0.1) is 11.3 Å². The number of hydrogen-bond acceptors (Lipinski definition) is 5. The number of thiazole rings is 1. The molecule has 6 nitrogen and oxygen atoms in total. The number of rotatable bonds is 6. The highest BCUT2D eigenvalue weighted by molar-refractivity contribution is 7.09. The van der Waals surface area contributed by atoms with Crippen LogP contribution in [-0.4, -0.2) is 33.5 Å². The standard InChI is InChI=1S/C19H16FN3O3S/c20-11-3-4-14-12(7-11)13(8-15(22-14)10-1-2-10)18(24)21-6-5-17-23-16(9-27-17)19(25)26/h3-4,7-10H,1-2,5-6H2,(H,21,24)(H,25,26). The van der Waals surface area contributed by atoms with Crippen LogP contribution < -0.4 is 5.32 Å². The molecular weight excluding hydrogens is 369 g/mol. The number of nitrogens with one attached hydrogen (secondary N) is 1. The number of nitrogens with zero attached hydrogens (tertiary/aromatic N) is 2. The average molecular weight is 385 g/mol. The predicted molar refractivity (Wildman–Crippen MR) is 98.8 cm³/mol. The predicted octanol–water partition coefficient (Wildman–Crippen LogP) is 3.38. The Kier molecular flexibility index (Phi) is 4.57. The molecule has 0 atom stereocenters. The minimum atomic E-state index is -1.07. The van der Waals surface area contributed by atoms with Gasteiger partial charge in [-0.1, -0.05) is 0 Å². The maximum absolute atomic E-state index is 13.7. The number of carboxylic acids is 1. The van der Waals surface area contributed by atoms with E-state index in [1.54, 1.807) is 12.1 Å². The van der Waals surface area contributed by atoms with Gasteiger partial charge < -0.3 is 10.4 Å². The van der Waals surface area contributed by atoms with Crippen molar-refractivity contribution in [3.8, 4) is 0 Å². The Bertz CT molecular complexity index is 1050. The molecule has 1 aliphatic carbocycles. The second-order valence-corrected chi connectivity index (χ2v) is 7.41. The number of carbonyl (C=O) groups is 2. The third-order valence-corrected chi connectivity index (χ3v) is 5.33. The third kappa shape index (κ3) is 3.80. The molecule has 2 heterocycles. The van der Waals surface area contributed by atoms with Crippen LogP contribution in [0, 0.1) is 5.82 Å². The number of carboxylic acid groups (broad SMARTS) is 1. The molecule has 2 N–H and O–H groups in total. The fourth-order valence-corrected chi connectivity index (χ4v) is 3.67. The summed E-state index contributed by atoms with van der Waals surface area (Å²) in [6.45, 7) is 0.309. The molecule has 0 saturated heterocycles. The Labute approximate surface area is 158 Å². The molecule has 4 rings (SSSR count). The second kappa shape index (κ2) is 7.03. The van der Waals surface area contributed by atoms with Gasteiger partial charge in [-0.2, -0.15) is 0 Å². The zero-order valence-corrected chi connectivity index (χ0v) is 15.1. The second-order valence-electron chi connectivity index (χ2n) is 6.47. The van der Waals surface area contributed by atoms with Crippen LogP contribution in [0.3, 0.4) is 0 Å². The zero-order valence-electron chi connectivity index (χ0n) is 14.2. The molecule has 0 unspecified atom stereocenters. The van der Waals surface area contributed by atoms with Crippen LogP contribution in [-0.2, 0) is 6.42 Å². The van der Waals surface area contributed by atoms with Crippen molar-refractivity contribution in [3.63, 3.8) is 0 Å². The van der Waals surface area contributed by atoms with E-state index in [1.807, 2.05) is 0 Å². The molecular formula is C19H16FN3O3S. The average Bonchev–Trinajstić information content (AvgIpc) is 3.39. The van der Waals surface area contributed by atoms with Gasteiger partial charge in [0.05, 0.1) is 16.1 Å². The number of aromatic nitrogens is 2. The minimum absolute atomic E-state index is 0.00556. The number of hydrogen-bond donors (Lipinski definition) is 2. The van der Waals surface area contributed by atoms with E-state index >= 15 is 0 Å². The van der Waals surface area contributed by atoms with E-state index in [0.29, 0.717) is 40.4 Å². The first-order valence-corrected chi connectivity index (χ1v) is 9.45. The van der Waals surface area contributed by atoms with Gasteiger partial charge in [-0.25, -0.2) is 14.2 Å². The van der Waals surface area contributed by atoms with Crippen LogP contribution >= 0.6 is 11.3 Å². The van der Waals surface area contributed by atoms with Crippen molar-refractivity contribution >= 4 is 34.1 Å². The van der Waals surface area contributed by atoms with Gasteiger partial charge in [0.1, 0.15) is 5.82 Å². The summed E-state index contributed by atoms with van der Waals surface area (Å²) in [5.41, 5.74) is 1.89. The number of amides is 1. The first-order chi connectivity index (χ1) is 13.0. The Morgan fingerprint density at radius 2 is 2.07 bits per heavy atom. The highest BCUT2D eigenvalue weighted by atomic mass is 32.1. The summed E-state index contributed by atoms with van der Waals surface area (Å²) in [6.07, 6.45) is 2.53. The summed E-state index contributed by atoms with van der Waals surface area (Å²) in [4.78, 5) is 32.1. The maximum atomic E-state index is 13.7. The molecule has 1 aliphatic rings. The van der Waals surface area contributed by atoms with Crippen LogP contribution in [0.5, 0.6) is 0 Å². The Hall–Kier alpha value is -2.87. The number of carbonyl (C=O) groups excluding carboxylic acids is 1. The largest absolute Gasteiger partial charge is 0.476 e. The van der Waals surface area contributed by atoms with E-state index in [2.05, 4.69) is 15.3 Å². The van der Waals surface area contributed by atoms with E-state index in [9.17, 15) is 14.0 Å². The zero-order chi connectivity index (χ0) is 19.0. The van der Waals surface area contributed by atoms with E-state index in [-0.39, 0.29) is 11.6 Å². The van der Waals surface area contributed by atoms with Crippen LogP contribution in [0.25, 0.3) is 10.9 Å². The van der Waals surface area contributed by atoms with E-state index in [4.69, 9.17) is 5.11 Å². The van der Waals surface area contributed by atoms with Gasteiger partial charge in [0.25, 0.3) is 5.91 Å². The van der Waals surface area contributed by atoms with E-state index < -0.39 is 11.8 Å². The number of benzene rings is 1. The fourth-order valence-electron chi connectivity index (χ4n) is 2.90. The quantitative estimate of drug-likeness (QED) is 0.679. The number of pyridine rings is 1. The topological polar surface area (TPSA) is 92.2 Å². The third-order valence-electron chi connectivity index (χ3n) is 4.43. The van der Waals surface area contributed by atoms with Gasteiger partial charge >= 0.3 is 5.97 Å². The highest BCUT2D eigenvalue weighted by Gasteiger charge is 2.27. The molecule has 0 radical (unpaired) electrons. The molecule has 1 saturated carbocycles. The summed E-state index contributed by atoms with van der Waals surface area (Å²) in [5.74, 6) is -1.42. The van der Waals surface area contributed by atoms with Gasteiger partial charge in [-0.3, -0.25) is 9.78 Å². The Morgan fingerprint density at radius 1 is 1.26 bits per heavy atom. The lowest BCUT2D eigenvalue weighted by atomic mass is 10.0. The normalized spacial score (nSPS) is 13.7. The molecule has 1 amide bonds. The molecule has 0 bridgehead atoms. The van der Waals surface area contributed by atoms with Crippen molar-refractivity contribution in [2.45, 2.75) is 25.2 Å². The fraction of sp³-hybridized carbons (Fsp3) is 0.263. The highest BCUT2D eigenvalue weighted by Crippen LogP contribution is 2.40. The summed E-state index contributed by atoms with van der Waals surface area (Å²) in [5, 5.41) is 14.3. The first-order valence-electron chi connectivity index (χ1n) is 8.57. The molecule has 3 aromatic rings. The number of halogens is 1. The van der Waals surface area contributed by atoms with Crippen molar-refractivity contribution in [2.24, 2.45) is 0 Å². The van der Waals surface area contributed by atoms with Crippen LogP contribution in [0.15, 0.2) is 29.6 Å². The van der Waals surface area contributed by atoms with Crippen molar-refractivity contribution in [1.29, 1.82) is 0 Å². The van der Waals surface area contributed by atoms with Crippen molar-refractivity contribution < 1.29 is 19.1 Å². The molecule has 2 aromatic heterocycles. The summed E-state index contributed by atoms with van der Waals surface area (Å²) >= 11 is 1.24. The molecule has 1 fully saturated rings. The number of aromatic carboxylic acids is 1. The van der Waals surface area contributed by atoms with Gasteiger partial charge in [-0.05, 0) is 37.1 Å². The SMILES string of the molecule is O=C(O)c1csc(CCNC(=O)c2cc(C3CC3)nc3ccc(F)cc23)n1. The smallest absolute Gasteiger partial charge is 0.355 e. The lowest BCUT2D eigenvalue weighted by molar-refractivity contribution is 0.0690. The summed E-state index contributed by atoms with van der Waals surface area (Å²) < 4.78 is 13.7. The molecule has 8 heteroatoms. The van der Waals surface area contributed by atoms with Crippen LogP contribution in [0.2, 0.25) is 0 Å². The maximum Gasteiger partial charge on any atom is 0.355 e. The molecule has 138 valence electrons. The summed E-state index contributed by atoms with van der Waals surface area (Å²) in [6, 6.07) is 6.01. The molecule has 27 heavy (non-hydrogen) atoms.